The minimum absolute atomic E-state index is 0.230. The molecule has 1 aliphatic rings. The van der Waals surface area contributed by atoms with Crippen LogP contribution >= 0.6 is 0 Å². The van der Waals surface area contributed by atoms with Gasteiger partial charge in [0, 0.05) is 26.2 Å². The van der Waals surface area contributed by atoms with Gasteiger partial charge >= 0.3 is 0 Å². The van der Waals surface area contributed by atoms with Gasteiger partial charge < -0.3 is 19.9 Å². The Labute approximate surface area is 184 Å². The molecule has 0 radical (unpaired) electrons. The van der Waals surface area contributed by atoms with Gasteiger partial charge in [-0.25, -0.2) is 4.98 Å². The number of nitrogens with one attached hydrogen (secondary N) is 2. The van der Waals surface area contributed by atoms with Crippen LogP contribution in [0.4, 0.5) is 0 Å². The molecule has 1 fully saturated rings. The second-order valence-corrected chi connectivity index (χ2v) is 7.88. The van der Waals surface area contributed by atoms with Crippen LogP contribution in [-0.2, 0) is 13.6 Å². The van der Waals surface area contributed by atoms with E-state index in [1.807, 2.05) is 37.4 Å². The van der Waals surface area contributed by atoms with E-state index in [0.717, 1.165) is 48.2 Å². The van der Waals surface area contributed by atoms with E-state index in [9.17, 15) is 0 Å². The van der Waals surface area contributed by atoms with Crippen LogP contribution in [0.25, 0.3) is 11.0 Å². The number of aliphatic imine (C=N–C) groups is 1. The predicted molar refractivity (Wildman–Crippen MR) is 125 cm³/mol. The van der Waals surface area contributed by atoms with Crippen molar-refractivity contribution in [2.75, 3.05) is 33.8 Å². The molecule has 3 aromatic rings. The number of fused-ring (bicyclic) bond motifs is 1. The zero-order chi connectivity index (χ0) is 21.6. The summed E-state index contributed by atoms with van der Waals surface area (Å²) in [4.78, 5) is 11.7. The fraction of sp³-hybridized carbons (Fsp3) is 0.417. The van der Waals surface area contributed by atoms with E-state index < -0.39 is 0 Å². The number of rotatable bonds is 7. The molecule has 1 aliphatic heterocycles. The lowest BCUT2D eigenvalue weighted by molar-refractivity contribution is 0.239. The first-order valence-corrected chi connectivity index (χ1v) is 10.9. The summed E-state index contributed by atoms with van der Waals surface area (Å²) in [6.45, 7) is 3.57. The molecule has 0 bridgehead atoms. The van der Waals surface area contributed by atoms with Crippen LogP contribution in [0, 0.1) is 0 Å². The SMILES string of the molecule is CN=C(NCc1nc2ccccc2n1C)NCC(c1ccccc1OC)N1CCCC1. The summed E-state index contributed by atoms with van der Waals surface area (Å²) in [6, 6.07) is 16.7. The van der Waals surface area contributed by atoms with E-state index in [2.05, 4.69) is 43.3 Å². The van der Waals surface area contributed by atoms with E-state index in [-0.39, 0.29) is 6.04 Å². The highest BCUT2D eigenvalue weighted by atomic mass is 16.5. The maximum absolute atomic E-state index is 5.66. The number of hydrogen-bond acceptors (Lipinski definition) is 4. The predicted octanol–water partition coefficient (Wildman–Crippen LogP) is 3.08. The highest BCUT2D eigenvalue weighted by Gasteiger charge is 2.26. The molecule has 2 N–H and O–H groups in total. The molecule has 4 rings (SSSR count). The van der Waals surface area contributed by atoms with Crippen LogP contribution in [0.3, 0.4) is 0 Å². The number of aryl methyl sites for hydroxylation is 1. The zero-order valence-corrected chi connectivity index (χ0v) is 18.6. The van der Waals surface area contributed by atoms with Gasteiger partial charge in [0.15, 0.2) is 5.96 Å². The van der Waals surface area contributed by atoms with Gasteiger partial charge in [0.25, 0.3) is 0 Å². The molecular weight excluding hydrogens is 388 g/mol. The summed E-state index contributed by atoms with van der Waals surface area (Å²) in [5.74, 6) is 2.68. The average molecular weight is 421 g/mol. The maximum Gasteiger partial charge on any atom is 0.191 e. The quantitative estimate of drug-likeness (QED) is 0.454. The Morgan fingerprint density at radius 1 is 1.10 bits per heavy atom. The largest absolute Gasteiger partial charge is 0.496 e. The molecule has 7 nitrogen and oxygen atoms in total. The fourth-order valence-corrected chi connectivity index (χ4v) is 4.36. The van der Waals surface area contributed by atoms with E-state index in [4.69, 9.17) is 9.72 Å². The Morgan fingerprint density at radius 2 is 1.84 bits per heavy atom. The van der Waals surface area contributed by atoms with Crippen LogP contribution in [0.15, 0.2) is 53.5 Å². The number of likely N-dealkylation sites (tertiary alicyclic amines) is 1. The molecule has 7 heteroatoms. The third kappa shape index (κ3) is 4.66. The molecule has 1 aromatic heterocycles. The number of ether oxygens (including phenoxy) is 1. The Bertz CT molecular complexity index is 1040. The molecule has 1 atom stereocenters. The molecule has 0 spiro atoms. The lowest BCUT2D eigenvalue weighted by atomic mass is 10.0. The van der Waals surface area contributed by atoms with E-state index >= 15 is 0 Å². The number of para-hydroxylation sites is 3. The zero-order valence-electron chi connectivity index (χ0n) is 18.6. The van der Waals surface area contributed by atoms with Crippen molar-refractivity contribution in [3.63, 3.8) is 0 Å². The van der Waals surface area contributed by atoms with Gasteiger partial charge in [0.2, 0.25) is 0 Å². The Hall–Kier alpha value is -3.06. The lowest BCUT2D eigenvalue weighted by Gasteiger charge is -2.30. The van der Waals surface area contributed by atoms with E-state index in [0.29, 0.717) is 6.54 Å². The molecular formula is C24H32N6O. The van der Waals surface area contributed by atoms with Crippen molar-refractivity contribution in [3.05, 3.63) is 59.9 Å². The van der Waals surface area contributed by atoms with Crippen LogP contribution < -0.4 is 15.4 Å². The van der Waals surface area contributed by atoms with Crippen molar-refractivity contribution >= 4 is 17.0 Å². The van der Waals surface area contributed by atoms with Crippen molar-refractivity contribution in [2.24, 2.45) is 12.0 Å². The number of guanidine groups is 1. The van der Waals surface area contributed by atoms with Crippen LogP contribution in [0.1, 0.15) is 30.3 Å². The number of nitrogens with zero attached hydrogens (tertiary/aromatic N) is 4. The topological polar surface area (TPSA) is 66.7 Å². The molecule has 164 valence electrons. The number of benzene rings is 2. The first-order chi connectivity index (χ1) is 15.2. The van der Waals surface area contributed by atoms with Gasteiger partial charge in [0.1, 0.15) is 11.6 Å². The molecule has 2 heterocycles. The Morgan fingerprint density at radius 3 is 2.58 bits per heavy atom. The maximum atomic E-state index is 5.66. The van der Waals surface area contributed by atoms with Crippen molar-refractivity contribution in [1.29, 1.82) is 0 Å². The standard InChI is InChI=1S/C24H32N6O/c1-25-24(27-17-23-28-19-11-5-6-12-20(19)29(23)2)26-16-21(30-14-8-9-15-30)18-10-4-7-13-22(18)31-3/h4-7,10-13,21H,8-9,14-17H2,1-3H3,(H2,25,26,27). The van der Waals surface area contributed by atoms with Crippen LogP contribution in [0.5, 0.6) is 5.75 Å². The van der Waals surface area contributed by atoms with Gasteiger partial charge in [-0.15, -0.1) is 0 Å². The minimum atomic E-state index is 0.230. The number of aromatic nitrogens is 2. The monoisotopic (exact) mass is 420 g/mol. The van der Waals surface area contributed by atoms with E-state index in [1.54, 1.807) is 14.2 Å². The Kier molecular flexibility index (Phi) is 6.72. The van der Waals surface area contributed by atoms with Crippen molar-refractivity contribution < 1.29 is 4.74 Å². The van der Waals surface area contributed by atoms with Gasteiger partial charge in [-0.1, -0.05) is 30.3 Å². The summed E-state index contributed by atoms with van der Waals surface area (Å²) in [5, 5.41) is 6.94. The summed E-state index contributed by atoms with van der Waals surface area (Å²) in [6.07, 6.45) is 2.48. The molecule has 1 unspecified atom stereocenters. The first-order valence-electron chi connectivity index (χ1n) is 10.9. The second-order valence-electron chi connectivity index (χ2n) is 7.88. The third-order valence-electron chi connectivity index (χ3n) is 6.06. The minimum Gasteiger partial charge on any atom is -0.496 e. The second kappa shape index (κ2) is 9.83. The summed E-state index contributed by atoms with van der Waals surface area (Å²) >= 11 is 0. The summed E-state index contributed by atoms with van der Waals surface area (Å²) in [7, 11) is 5.59. The average Bonchev–Trinajstić information content (AvgIpc) is 3.45. The smallest absolute Gasteiger partial charge is 0.191 e. The van der Waals surface area contributed by atoms with Crippen LogP contribution in [-0.4, -0.2) is 54.2 Å². The van der Waals surface area contributed by atoms with Gasteiger partial charge in [0.05, 0.1) is 30.7 Å². The van der Waals surface area contributed by atoms with Gasteiger partial charge in [-0.05, 0) is 44.1 Å². The Balaban J connectivity index is 1.44. The highest BCUT2D eigenvalue weighted by Crippen LogP contribution is 2.31. The van der Waals surface area contributed by atoms with Gasteiger partial charge in [-0.2, -0.15) is 0 Å². The first kappa shape index (κ1) is 21.2. The van der Waals surface area contributed by atoms with Crippen molar-refractivity contribution in [3.8, 4) is 5.75 Å². The van der Waals surface area contributed by atoms with Crippen molar-refractivity contribution in [1.82, 2.24) is 25.1 Å². The number of imidazole rings is 1. The molecule has 0 amide bonds. The van der Waals surface area contributed by atoms with E-state index in [1.165, 1.54) is 18.4 Å². The lowest BCUT2D eigenvalue weighted by Crippen LogP contribution is -2.42. The highest BCUT2D eigenvalue weighted by molar-refractivity contribution is 5.80. The van der Waals surface area contributed by atoms with Crippen molar-refractivity contribution in [2.45, 2.75) is 25.4 Å². The van der Waals surface area contributed by atoms with Crippen LogP contribution in [0.2, 0.25) is 0 Å². The number of hydrogen-bond donors (Lipinski definition) is 2. The summed E-state index contributed by atoms with van der Waals surface area (Å²) < 4.78 is 7.78. The molecule has 1 saturated heterocycles. The molecule has 0 aliphatic carbocycles. The molecule has 31 heavy (non-hydrogen) atoms. The molecule has 0 saturated carbocycles. The van der Waals surface area contributed by atoms with Gasteiger partial charge in [-0.3, -0.25) is 9.89 Å². The summed E-state index contributed by atoms with van der Waals surface area (Å²) in [5.41, 5.74) is 3.35. The number of methoxy groups -OCH3 is 1. The molecule has 2 aromatic carbocycles. The third-order valence-corrected chi connectivity index (χ3v) is 6.06. The normalized spacial score (nSPS) is 15.9. The fourth-order valence-electron chi connectivity index (χ4n) is 4.36.